The summed E-state index contributed by atoms with van der Waals surface area (Å²) in [6, 6.07) is 0. The summed E-state index contributed by atoms with van der Waals surface area (Å²) >= 11 is 0. The standard InChI is InChI=1S/C23H45NO2/c1-4-5-6-7-8-9-10-11-12-13-14-15-16-19-23(26)24-20-17-18-22(25)21(2)3/h21H,4-20H2,1-3H3,(H,24,26). The van der Waals surface area contributed by atoms with E-state index in [1.807, 2.05) is 13.8 Å². The van der Waals surface area contributed by atoms with Gasteiger partial charge in [0.2, 0.25) is 5.91 Å². The fourth-order valence-electron chi connectivity index (χ4n) is 3.17. The molecule has 1 N–H and O–H groups in total. The molecule has 0 saturated heterocycles. The summed E-state index contributed by atoms with van der Waals surface area (Å²) < 4.78 is 0. The van der Waals surface area contributed by atoms with Gasteiger partial charge in [0.1, 0.15) is 5.78 Å². The number of unbranched alkanes of at least 4 members (excludes halogenated alkanes) is 12. The number of carbonyl (C=O) groups excluding carboxylic acids is 2. The van der Waals surface area contributed by atoms with Gasteiger partial charge in [-0.15, -0.1) is 0 Å². The number of carbonyl (C=O) groups is 2. The molecule has 0 aromatic carbocycles. The van der Waals surface area contributed by atoms with Crippen molar-refractivity contribution in [2.24, 2.45) is 5.92 Å². The van der Waals surface area contributed by atoms with Crippen molar-refractivity contribution < 1.29 is 9.59 Å². The van der Waals surface area contributed by atoms with E-state index in [0.717, 1.165) is 19.3 Å². The molecule has 0 aromatic rings. The lowest BCUT2D eigenvalue weighted by molar-refractivity contribution is -0.123. The molecule has 0 rings (SSSR count). The average Bonchev–Trinajstić information content (AvgIpc) is 2.62. The minimum absolute atomic E-state index is 0.108. The summed E-state index contributed by atoms with van der Waals surface area (Å²) in [6.07, 6.45) is 19.2. The molecule has 0 radical (unpaired) electrons. The number of hydrogen-bond acceptors (Lipinski definition) is 2. The summed E-state index contributed by atoms with van der Waals surface area (Å²) in [7, 11) is 0. The Morgan fingerprint density at radius 2 is 1.12 bits per heavy atom. The van der Waals surface area contributed by atoms with Gasteiger partial charge in [0.05, 0.1) is 0 Å². The maximum absolute atomic E-state index is 11.7. The SMILES string of the molecule is CCCCCCCCCCCCCCCC(=O)NCCCC(=O)C(C)C. The van der Waals surface area contributed by atoms with Gasteiger partial charge in [0.25, 0.3) is 0 Å². The van der Waals surface area contributed by atoms with Crippen LogP contribution < -0.4 is 5.32 Å². The Balaban J connectivity index is 3.22. The first-order valence-corrected chi connectivity index (χ1v) is 11.4. The lowest BCUT2D eigenvalue weighted by Gasteiger charge is -2.06. The third-order valence-electron chi connectivity index (χ3n) is 5.07. The lowest BCUT2D eigenvalue weighted by Crippen LogP contribution is -2.24. The van der Waals surface area contributed by atoms with Gasteiger partial charge in [-0.25, -0.2) is 0 Å². The Morgan fingerprint density at radius 1 is 0.654 bits per heavy atom. The van der Waals surface area contributed by atoms with Crippen LogP contribution in [0.4, 0.5) is 0 Å². The summed E-state index contributed by atoms with van der Waals surface area (Å²) in [6.45, 7) is 6.76. The fourth-order valence-corrected chi connectivity index (χ4v) is 3.17. The molecule has 0 spiro atoms. The van der Waals surface area contributed by atoms with Crippen molar-refractivity contribution in [1.82, 2.24) is 5.32 Å². The van der Waals surface area contributed by atoms with E-state index in [1.165, 1.54) is 70.6 Å². The smallest absolute Gasteiger partial charge is 0.219 e. The third-order valence-corrected chi connectivity index (χ3v) is 5.07. The minimum atomic E-state index is 0.108. The van der Waals surface area contributed by atoms with E-state index in [9.17, 15) is 9.59 Å². The van der Waals surface area contributed by atoms with Gasteiger partial charge in [-0.2, -0.15) is 0 Å². The van der Waals surface area contributed by atoms with Gasteiger partial charge in [-0.05, 0) is 12.8 Å². The molecular weight excluding hydrogens is 322 g/mol. The molecule has 0 aromatic heterocycles. The highest BCUT2D eigenvalue weighted by molar-refractivity contribution is 5.80. The first kappa shape index (κ1) is 25.1. The molecule has 0 fully saturated rings. The summed E-state index contributed by atoms with van der Waals surface area (Å²) in [4.78, 5) is 23.2. The van der Waals surface area contributed by atoms with E-state index in [-0.39, 0.29) is 17.6 Å². The van der Waals surface area contributed by atoms with Gasteiger partial charge in [-0.3, -0.25) is 9.59 Å². The van der Waals surface area contributed by atoms with Crippen LogP contribution in [0.15, 0.2) is 0 Å². The van der Waals surface area contributed by atoms with Crippen LogP contribution in [0.2, 0.25) is 0 Å². The van der Waals surface area contributed by atoms with Crippen LogP contribution in [0.1, 0.15) is 124 Å². The molecule has 0 saturated carbocycles. The summed E-state index contributed by atoms with van der Waals surface area (Å²) in [5.74, 6) is 0.539. The molecular formula is C23H45NO2. The second kappa shape index (κ2) is 18.9. The molecule has 154 valence electrons. The normalized spacial score (nSPS) is 11.1. The van der Waals surface area contributed by atoms with Gasteiger partial charge in [0.15, 0.2) is 0 Å². The second-order valence-electron chi connectivity index (χ2n) is 8.07. The topological polar surface area (TPSA) is 46.2 Å². The number of ketones is 1. The lowest BCUT2D eigenvalue weighted by atomic mass is 10.0. The molecule has 3 heteroatoms. The fraction of sp³-hybridized carbons (Fsp3) is 0.913. The molecule has 0 aliphatic rings. The largest absolute Gasteiger partial charge is 0.356 e. The van der Waals surface area contributed by atoms with Crippen molar-refractivity contribution in [2.75, 3.05) is 6.54 Å². The summed E-state index contributed by atoms with van der Waals surface area (Å²) in [5, 5.41) is 2.93. The highest BCUT2D eigenvalue weighted by Gasteiger charge is 2.07. The molecule has 26 heavy (non-hydrogen) atoms. The van der Waals surface area contributed by atoms with Gasteiger partial charge >= 0.3 is 0 Å². The average molecular weight is 368 g/mol. The van der Waals surface area contributed by atoms with Crippen LogP contribution in [0.3, 0.4) is 0 Å². The van der Waals surface area contributed by atoms with Crippen LogP contribution in [-0.4, -0.2) is 18.2 Å². The van der Waals surface area contributed by atoms with E-state index >= 15 is 0 Å². The monoisotopic (exact) mass is 367 g/mol. The highest BCUT2D eigenvalue weighted by Crippen LogP contribution is 2.12. The van der Waals surface area contributed by atoms with Gasteiger partial charge in [0, 0.05) is 25.3 Å². The summed E-state index contributed by atoms with van der Waals surface area (Å²) in [5.41, 5.74) is 0. The van der Waals surface area contributed by atoms with E-state index < -0.39 is 0 Å². The molecule has 0 atom stereocenters. The zero-order valence-electron chi connectivity index (χ0n) is 17.9. The van der Waals surface area contributed by atoms with Crippen LogP contribution in [-0.2, 0) is 9.59 Å². The maximum Gasteiger partial charge on any atom is 0.219 e. The van der Waals surface area contributed by atoms with Crippen molar-refractivity contribution in [1.29, 1.82) is 0 Å². The van der Waals surface area contributed by atoms with Crippen LogP contribution in [0.25, 0.3) is 0 Å². The highest BCUT2D eigenvalue weighted by atomic mass is 16.1. The minimum Gasteiger partial charge on any atom is -0.356 e. The Kier molecular flexibility index (Phi) is 18.3. The molecule has 3 nitrogen and oxygen atoms in total. The first-order valence-electron chi connectivity index (χ1n) is 11.4. The van der Waals surface area contributed by atoms with Crippen molar-refractivity contribution in [3.8, 4) is 0 Å². The molecule has 1 amide bonds. The molecule has 0 bridgehead atoms. The Morgan fingerprint density at radius 3 is 1.58 bits per heavy atom. The van der Waals surface area contributed by atoms with E-state index in [2.05, 4.69) is 12.2 Å². The van der Waals surface area contributed by atoms with E-state index in [1.54, 1.807) is 0 Å². The second-order valence-corrected chi connectivity index (χ2v) is 8.07. The number of amides is 1. The van der Waals surface area contributed by atoms with Gasteiger partial charge < -0.3 is 5.32 Å². The quantitative estimate of drug-likeness (QED) is 0.262. The molecule has 0 aliphatic heterocycles. The van der Waals surface area contributed by atoms with Crippen molar-refractivity contribution in [2.45, 2.75) is 124 Å². The zero-order chi connectivity index (χ0) is 19.5. The number of Topliss-reactive ketones (excluding diaryl/α,β-unsaturated/α-hetero) is 1. The Bertz CT molecular complexity index is 339. The van der Waals surface area contributed by atoms with Crippen LogP contribution in [0.5, 0.6) is 0 Å². The number of hydrogen-bond donors (Lipinski definition) is 1. The van der Waals surface area contributed by atoms with Crippen molar-refractivity contribution in [3.63, 3.8) is 0 Å². The number of rotatable bonds is 19. The maximum atomic E-state index is 11.7. The predicted molar refractivity (Wildman–Crippen MR) is 112 cm³/mol. The molecule has 0 heterocycles. The Labute approximate surface area is 163 Å². The molecule has 0 unspecified atom stereocenters. The zero-order valence-corrected chi connectivity index (χ0v) is 17.9. The van der Waals surface area contributed by atoms with E-state index in [0.29, 0.717) is 19.4 Å². The Hall–Kier alpha value is -0.860. The van der Waals surface area contributed by atoms with Gasteiger partial charge in [-0.1, -0.05) is 97.8 Å². The predicted octanol–water partition coefficient (Wildman–Crippen LogP) is 6.59. The van der Waals surface area contributed by atoms with Crippen molar-refractivity contribution in [3.05, 3.63) is 0 Å². The van der Waals surface area contributed by atoms with Crippen molar-refractivity contribution >= 4 is 11.7 Å². The molecule has 0 aliphatic carbocycles. The van der Waals surface area contributed by atoms with E-state index in [4.69, 9.17) is 0 Å². The van der Waals surface area contributed by atoms with Crippen LogP contribution in [0, 0.1) is 5.92 Å². The third kappa shape index (κ3) is 17.9. The number of nitrogens with one attached hydrogen (secondary N) is 1. The van der Waals surface area contributed by atoms with Crippen LogP contribution >= 0.6 is 0 Å². The first-order chi connectivity index (χ1) is 12.6.